The Labute approximate surface area is 186 Å². The lowest BCUT2D eigenvalue weighted by Gasteiger charge is -2.04. The predicted molar refractivity (Wildman–Crippen MR) is 120 cm³/mol. The van der Waals surface area contributed by atoms with Crippen LogP contribution in [0.2, 0.25) is 0 Å². The van der Waals surface area contributed by atoms with E-state index >= 15 is 0 Å². The van der Waals surface area contributed by atoms with Crippen LogP contribution in [0.5, 0.6) is 0 Å². The van der Waals surface area contributed by atoms with Crippen molar-refractivity contribution in [2.45, 2.75) is 19.4 Å². The normalized spacial score (nSPS) is 10.8. The van der Waals surface area contributed by atoms with Crippen molar-refractivity contribution in [1.82, 2.24) is 20.0 Å². The molecular weight excluding hydrogens is 430 g/mol. The van der Waals surface area contributed by atoms with Gasteiger partial charge in [0.2, 0.25) is 5.91 Å². The Hall–Kier alpha value is -3.92. The molecule has 0 unspecified atom stereocenters. The van der Waals surface area contributed by atoms with E-state index in [0.29, 0.717) is 27.3 Å². The molecule has 0 aliphatic rings. The van der Waals surface area contributed by atoms with Crippen LogP contribution in [-0.4, -0.2) is 39.0 Å². The summed E-state index contributed by atoms with van der Waals surface area (Å²) < 4.78 is 5.98. The second-order valence-electron chi connectivity index (χ2n) is 6.88. The lowest BCUT2D eigenvalue weighted by molar-refractivity contribution is -0.116. The van der Waals surface area contributed by atoms with E-state index in [9.17, 15) is 14.4 Å². The predicted octanol–water partition coefficient (Wildman–Crippen LogP) is 2.65. The molecular formula is C22H19N5O4S. The summed E-state index contributed by atoms with van der Waals surface area (Å²) in [6.45, 7) is 0.0641. The summed E-state index contributed by atoms with van der Waals surface area (Å²) >= 11 is 1.21. The second kappa shape index (κ2) is 9.48. The Morgan fingerprint density at radius 1 is 1.09 bits per heavy atom. The molecule has 0 saturated heterocycles. The van der Waals surface area contributed by atoms with Crippen molar-refractivity contribution in [2.24, 2.45) is 0 Å². The highest BCUT2D eigenvalue weighted by atomic mass is 32.1. The molecule has 0 fully saturated rings. The van der Waals surface area contributed by atoms with Gasteiger partial charge in [-0.2, -0.15) is 0 Å². The number of benzene rings is 2. The standard InChI is InChI=1S/C22H19N5O4S/c1-31-21(30)19-17(13-14-7-3-2-4-8-14)32-22(24-19)23-18(28)11-12-27-20(29)15-9-5-6-10-16(15)25-26-27/h2-10H,11-13H2,1H3,(H,23,24,28). The molecule has 9 nitrogen and oxygen atoms in total. The third-order valence-electron chi connectivity index (χ3n) is 4.71. The summed E-state index contributed by atoms with van der Waals surface area (Å²) in [7, 11) is 1.29. The zero-order chi connectivity index (χ0) is 22.5. The first-order valence-electron chi connectivity index (χ1n) is 9.79. The quantitative estimate of drug-likeness (QED) is 0.431. The summed E-state index contributed by atoms with van der Waals surface area (Å²) in [4.78, 5) is 42.0. The first-order valence-corrected chi connectivity index (χ1v) is 10.6. The topological polar surface area (TPSA) is 116 Å². The smallest absolute Gasteiger partial charge is 0.357 e. The van der Waals surface area contributed by atoms with Crippen LogP contribution in [0.15, 0.2) is 59.4 Å². The Bertz CT molecular complexity index is 1330. The van der Waals surface area contributed by atoms with E-state index in [1.165, 1.54) is 18.4 Å². The fourth-order valence-electron chi connectivity index (χ4n) is 3.12. The lowest BCUT2D eigenvalue weighted by Crippen LogP contribution is -2.26. The Kier molecular flexibility index (Phi) is 6.31. The number of nitrogens with zero attached hydrogens (tertiary/aromatic N) is 4. The van der Waals surface area contributed by atoms with Crippen LogP contribution >= 0.6 is 11.3 Å². The zero-order valence-corrected chi connectivity index (χ0v) is 18.0. The van der Waals surface area contributed by atoms with Gasteiger partial charge in [-0.05, 0) is 17.7 Å². The molecule has 162 valence electrons. The number of esters is 1. The first-order chi connectivity index (χ1) is 15.5. The van der Waals surface area contributed by atoms with E-state index in [1.807, 2.05) is 30.3 Å². The van der Waals surface area contributed by atoms with Crippen molar-refractivity contribution in [3.63, 3.8) is 0 Å². The lowest BCUT2D eigenvalue weighted by atomic mass is 10.1. The number of carbonyl (C=O) groups excluding carboxylic acids is 2. The summed E-state index contributed by atoms with van der Waals surface area (Å²) in [5.74, 6) is -0.922. The minimum atomic E-state index is -0.564. The number of hydrogen-bond donors (Lipinski definition) is 1. The molecule has 0 saturated carbocycles. The number of anilines is 1. The van der Waals surface area contributed by atoms with Crippen molar-refractivity contribution < 1.29 is 14.3 Å². The van der Waals surface area contributed by atoms with Gasteiger partial charge in [0.15, 0.2) is 10.8 Å². The van der Waals surface area contributed by atoms with Gasteiger partial charge in [0.05, 0.1) is 19.0 Å². The number of carbonyl (C=O) groups is 2. The highest BCUT2D eigenvalue weighted by Crippen LogP contribution is 2.26. The number of ether oxygens (including phenoxy) is 1. The van der Waals surface area contributed by atoms with Crippen LogP contribution < -0.4 is 10.9 Å². The van der Waals surface area contributed by atoms with Gasteiger partial charge in [-0.15, -0.1) is 16.4 Å². The minimum absolute atomic E-state index is 0.00587. The van der Waals surface area contributed by atoms with E-state index in [0.717, 1.165) is 10.2 Å². The maximum Gasteiger partial charge on any atom is 0.357 e. The molecule has 1 amide bonds. The third-order valence-corrected chi connectivity index (χ3v) is 5.68. The molecule has 0 bridgehead atoms. The van der Waals surface area contributed by atoms with Crippen molar-refractivity contribution in [3.05, 3.63) is 81.1 Å². The van der Waals surface area contributed by atoms with E-state index < -0.39 is 5.97 Å². The minimum Gasteiger partial charge on any atom is -0.464 e. The van der Waals surface area contributed by atoms with Crippen LogP contribution in [-0.2, 0) is 22.5 Å². The molecule has 2 heterocycles. The summed E-state index contributed by atoms with van der Waals surface area (Å²) in [6.07, 6.45) is 0.481. The van der Waals surface area contributed by atoms with E-state index in [1.54, 1.807) is 24.3 Å². The van der Waals surface area contributed by atoms with E-state index in [4.69, 9.17) is 4.74 Å². The van der Waals surface area contributed by atoms with Gasteiger partial charge in [0.25, 0.3) is 5.56 Å². The number of aromatic nitrogens is 4. The number of thiazole rings is 1. The molecule has 0 spiro atoms. The Morgan fingerprint density at radius 2 is 1.84 bits per heavy atom. The Balaban J connectivity index is 1.46. The maximum atomic E-state index is 12.5. The molecule has 0 aliphatic carbocycles. The van der Waals surface area contributed by atoms with Crippen molar-refractivity contribution in [1.29, 1.82) is 0 Å². The zero-order valence-electron chi connectivity index (χ0n) is 17.1. The molecule has 0 radical (unpaired) electrons. The molecule has 2 aromatic carbocycles. The van der Waals surface area contributed by atoms with Crippen LogP contribution in [0.3, 0.4) is 0 Å². The number of rotatable bonds is 7. The molecule has 32 heavy (non-hydrogen) atoms. The van der Waals surface area contributed by atoms with E-state index in [-0.39, 0.29) is 30.1 Å². The molecule has 10 heteroatoms. The summed E-state index contributed by atoms with van der Waals surface area (Å²) in [6, 6.07) is 16.5. The molecule has 1 N–H and O–H groups in total. The van der Waals surface area contributed by atoms with Gasteiger partial charge in [0.1, 0.15) is 5.52 Å². The maximum absolute atomic E-state index is 12.5. The van der Waals surface area contributed by atoms with Gasteiger partial charge < -0.3 is 10.1 Å². The third kappa shape index (κ3) is 4.70. The molecule has 4 aromatic rings. The van der Waals surface area contributed by atoms with Crippen molar-refractivity contribution in [3.8, 4) is 0 Å². The van der Waals surface area contributed by atoms with Crippen molar-refractivity contribution in [2.75, 3.05) is 12.4 Å². The fourth-order valence-corrected chi connectivity index (χ4v) is 4.12. The molecule has 4 rings (SSSR count). The highest BCUT2D eigenvalue weighted by Gasteiger charge is 2.20. The first kappa shape index (κ1) is 21.3. The molecule has 0 atom stereocenters. The largest absolute Gasteiger partial charge is 0.464 e. The van der Waals surface area contributed by atoms with Crippen LogP contribution in [0.1, 0.15) is 27.3 Å². The molecule has 2 aromatic heterocycles. The molecule has 0 aliphatic heterocycles. The number of methoxy groups -OCH3 is 1. The number of nitrogens with one attached hydrogen (secondary N) is 1. The van der Waals surface area contributed by atoms with Gasteiger partial charge >= 0.3 is 5.97 Å². The van der Waals surface area contributed by atoms with Crippen molar-refractivity contribution >= 4 is 39.2 Å². The monoisotopic (exact) mass is 449 g/mol. The number of aryl methyl sites for hydroxylation is 1. The number of amides is 1. The van der Waals surface area contributed by atoms with E-state index in [2.05, 4.69) is 20.6 Å². The van der Waals surface area contributed by atoms with Gasteiger partial charge in [-0.1, -0.05) is 47.7 Å². The number of fused-ring (bicyclic) bond motifs is 1. The Morgan fingerprint density at radius 3 is 2.62 bits per heavy atom. The second-order valence-corrected chi connectivity index (χ2v) is 7.96. The van der Waals surface area contributed by atoms with Gasteiger partial charge in [0, 0.05) is 17.7 Å². The average molecular weight is 449 g/mol. The highest BCUT2D eigenvalue weighted by molar-refractivity contribution is 7.16. The van der Waals surface area contributed by atoms with Crippen LogP contribution in [0.4, 0.5) is 5.13 Å². The van der Waals surface area contributed by atoms with Gasteiger partial charge in [-0.25, -0.2) is 14.5 Å². The average Bonchev–Trinajstić information content (AvgIpc) is 3.20. The SMILES string of the molecule is COC(=O)c1nc(NC(=O)CCn2nnc3ccccc3c2=O)sc1Cc1ccccc1. The van der Waals surface area contributed by atoms with Crippen LogP contribution in [0.25, 0.3) is 10.9 Å². The number of hydrogen-bond acceptors (Lipinski definition) is 8. The summed E-state index contributed by atoms with van der Waals surface area (Å²) in [5, 5.41) is 11.3. The fraction of sp³-hybridized carbons (Fsp3) is 0.182. The summed E-state index contributed by atoms with van der Waals surface area (Å²) in [5.41, 5.74) is 1.37. The van der Waals surface area contributed by atoms with Gasteiger partial charge in [-0.3, -0.25) is 9.59 Å². The van der Waals surface area contributed by atoms with Crippen LogP contribution in [0, 0.1) is 0 Å².